The molecule has 15 heavy (non-hydrogen) atoms. The molecule has 2 aliphatic rings. The van der Waals surface area contributed by atoms with Gasteiger partial charge >= 0.3 is 0 Å². The van der Waals surface area contributed by atoms with Crippen molar-refractivity contribution in [2.45, 2.75) is 18.9 Å². The van der Waals surface area contributed by atoms with E-state index in [-0.39, 0.29) is 11.8 Å². The van der Waals surface area contributed by atoms with E-state index in [0.717, 1.165) is 25.9 Å². The van der Waals surface area contributed by atoms with Crippen molar-refractivity contribution in [3.8, 4) is 0 Å². The average molecular weight is 211 g/mol. The second-order valence-corrected chi connectivity index (χ2v) is 4.41. The minimum absolute atomic E-state index is 0.162. The highest BCUT2D eigenvalue weighted by Crippen LogP contribution is 2.16. The maximum Gasteiger partial charge on any atom is 0.240 e. The highest BCUT2D eigenvalue weighted by molar-refractivity contribution is 5.99. The number of carbonyl (C=O) groups is 2. The van der Waals surface area contributed by atoms with Crippen LogP contribution in [0.5, 0.6) is 0 Å². The summed E-state index contributed by atoms with van der Waals surface area (Å²) in [5.74, 6) is -0.324. The number of rotatable bonds is 1. The monoisotopic (exact) mass is 211 g/mol. The van der Waals surface area contributed by atoms with Crippen LogP contribution in [0.2, 0.25) is 0 Å². The van der Waals surface area contributed by atoms with Crippen molar-refractivity contribution in [2.24, 2.45) is 0 Å². The third kappa shape index (κ3) is 2.54. The molecule has 2 heterocycles. The number of carbonyl (C=O) groups excluding carboxylic acids is 2. The number of piperidine rings is 1. The Hall–Kier alpha value is -0.940. The molecule has 0 bridgehead atoms. The van der Waals surface area contributed by atoms with Crippen LogP contribution in [0.3, 0.4) is 0 Å². The van der Waals surface area contributed by atoms with E-state index in [1.807, 2.05) is 4.90 Å². The molecule has 2 amide bonds. The van der Waals surface area contributed by atoms with Gasteiger partial charge in [-0.15, -0.1) is 0 Å². The largest absolute Gasteiger partial charge is 0.306 e. The lowest BCUT2D eigenvalue weighted by Crippen LogP contribution is -2.56. The summed E-state index contributed by atoms with van der Waals surface area (Å²) in [4.78, 5) is 26.7. The number of amides is 2. The van der Waals surface area contributed by atoms with Crippen molar-refractivity contribution < 1.29 is 9.59 Å². The fraction of sp³-hybridized carbons (Fsp3) is 0.800. The van der Waals surface area contributed by atoms with Crippen LogP contribution >= 0.6 is 0 Å². The van der Waals surface area contributed by atoms with E-state index in [2.05, 4.69) is 17.3 Å². The highest BCUT2D eigenvalue weighted by Gasteiger charge is 2.29. The lowest BCUT2D eigenvalue weighted by atomic mass is 10.0. The van der Waals surface area contributed by atoms with Gasteiger partial charge in [0.15, 0.2) is 0 Å². The van der Waals surface area contributed by atoms with Gasteiger partial charge in [0.2, 0.25) is 11.8 Å². The van der Waals surface area contributed by atoms with E-state index in [9.17, 15) is 9.59 Å². The van der Waals surface area contributed by atoms with Crippen molar-refractivity contribution in [2.75, 3.05) is 33.2 Å². The average Bonchev–Trinajstić information content (AvgIpc) is 2.17. The molecule has 84 valence electrons. The van der Waals surface area contributed by atoms with Crippen LogP contribution < -0.4 is 5.32 Å². The van der Waals surface area contributed by atoms with Crippen LogP contribution in [0.15, 0.2) is 0 Å². The molecule has 5 nitrogen and oxygen atoms in total. The topological polar surface area (TPSA) is 52.6 Å². The van der Waals surface area contributed by atoms with Crippen LogP contribution in [-0.2, 0) is 9.59 Å². The lowest BCUT2D eigenvalue weighted by molar-refractivity contribution is -0.137. The van der Waals surface area contributed by atoms with Crippen LogP contribution in [0, 0.1) is 0 Å². The summed E-state index contributed by atoms with van der Waals surface area (Å²) >= 11 is 0. The Morgan fingerprint density at radius 2 is 1.67 bits per heavy atom. The summed E-state index contributed by atoms with van der Waals surface area (Å²) < 4.78 is 0. The molecular formula is C10H17N3O2. The van der Waals surface area contributed by atoms with Crippen molar-refractivity contribution in [1.82, 2.24) is 15.1 Å². The Morgan fingerprint density at radius 3 is 2.20 bits per heavy atom. The molecule has 5 heteroatoms. The molecule has 0 aromatic rings. The Bertz CT molecular complexity index is 256. The van der Waals surface area contributed by atoms with Gasteiger partial charge in [-0.3, -0.25) is 19.8 Å². The quantitative estimate of drug-likeness (QED) is 0.568. The molecule has 0 aromatic heterocycles. The number of piperazine rings is 1. The SMILES string of the molecule is CN1CCC(N2CC(=O)NC(=O)C2)CC1. The second kappa shape index (κ2) is 4.28. The van der Waals surface area contributed by atoms with Crippen LogP contribution in [0.25, 0.3) is 0 Å². The molecule has 2 rings (SSSR count). The first kappa shape index (κ1) is 10.6. The van der Waals surface area contributed by atoms with Crippen LogP contribution in [0.4, 0.5) is 0 Å². The van der Waals surface area contributed by atoms with E-state index in [1.54, 1.807) is 0 Å². The van der Waals surface area contributed by atoms with Gasteiger partial charge in [0, 0.05) is 6.04 Å². The molecule has 0 aromatic carbocycles. The van der Waals surface area contributed by atoms with Gasteiger partial charge in [0.1, 0.15) is 0 Å². The third-order valence-corrected chi connectivity index (χ3v) is 3.18. The predicted octanol–water partition coefficient (Wildman–Crippen LogP) is -0.961. The van der Waals surface area contributed by atoms with Crippen LogP contribution in [0.1, 0.15) is 12.8 Å². The molecule has 1 N–H and O–H groups in total. The van der Waals surface area contributed by atoms with Gasteiger partial charge < -0.3 is 4.90 Å². The van der Waals surface area contributed by atoms with Gasteiger partial charge in [-0.05, 0) is 33.0 Å². The Morgan fingerprint density at radius 1 is 1.13 bits per heavy atom. The minimum Gasteiger partial charge on any atom is -0.306 e. The zero-order valence-corrected chi connectivity index (χ0v) is 9.03. The highest BCUT2D eigenvalue weighted by atomic mass is 16.2. The van der Waals surface area contributed by atoms with Crippen molar-refractivity contribution >= 4 is 11.8 Å². The molecule has 2 saturated heterocycles. The first-order valence-corrected chi connectivity index (χ1v) is 5.40. The lowest BCUT2D eigenvalue weighted by Gasteiger charge is -2.38. The fourth-order valence-electron chi connectivity index (χ4n) is 2.28. The summed E-state index contributed by atoms with van der Waals surface area (Å²) in [5, 5.41) is 2.33. The Labute approximate surface area is 89.4 Å². The molecule has 0 radical (unpaired) electrons. The Kier molecular flexibility index (Phi) is 3.02. The molecular weight excluding hydrogens is 194 g/mol. The van der Waals surface area contributed by atoms with Crippen LogP contribution in [-0.4, -0.2) is 60.9 Å². The number of likely N-dealkylation sites (tertiary alicyclic amines) is 1. The van der Waals surface area contributed by atoms with Crippen molar-refractivity contribution in [3.63, 3.8) is 0 Å². The third-order valence-electron chi connectivity index (χ3n) is 3.18. The van der Waals surface area contributed by atoms with E-state index in [1.165, 1.54) is 0 Å². The van der Waals surface area contributed by atoms with E-state index >= 15 is 0 Å². The standard InChI is InChI=1S/C10H17N3O2/c1-12-4-2-8(3-5-12)13-6-9(14)11-10(15)7-13/h8H,2-7H2,1H3,(H,11,14,15). The smallest absolute Gasteiger partial charge is 0.240 e. The summed E-state index contributed by atoms with van der Waals surface area (Å²) in [6.45, 7) is 2.86. The number of nitrogens with one attached hydrogen (secondary N) is 1. The molecule has 0 atom stereocenters. The molecule has 2 aliphatic heterocycles. The van der Waals surface area contributed by atoms with Crippen molar-refractivity contribution in [1.29, 1.82) is 0 Å². The summed E-state index contributed by atoms with van der Waals surface area (Å²) in [6, 6.07) is 0.399. The number of nitrogens with zero attached hydrogens (tertiary/aromatic N) is 2. The molecule has 2 fully saturated rings. The van der Waals surface area contributed by atoms with Gasteiger partial charge in [-0.1, -0.05) is 0 Å². The van der Waals surface area contributed by atoms with Gasteiger partial charge in [-0.2, -0.15) is 0 Å². The van der Waals surface area contributed by atoms with E-state index in [4.69, 9.17) is 0 Å². The Balaban J connectivity index is 1.92. The number of hydrogen-bond donors (Lipinski definition) is 1. The summed E-state index contributed by atoms with van der Waals surface area (Å²) in [6.07, 6.45) is 2.11. The van der Waals surface area contributed by atoms with Gasteiger partial charge in [0.05, 0.1) is 13.1 Å². The van der Waals surface area contributed by atoms with Gasteiger partial charge in [-0.25, -0.2) is 0 Å². The van der Waals surface area contributed by atoms with E-state index < -0.39 is 0 Å². The molecule has 0 unspecified atom stereocenters. The fourth-order valence-corrected chi connectivity index (χ4v) is 2.28. The predicted molar refractivity (Wildman–Crippen MR) is 55.2 cm³/mol. The maximum absolute atomic E-state index is 11.2. The van der Waals surface area contributed by atoms with Crippen molar-refractivity contribution in [3.05, 3.63) is 0 Å². The molecule has 0 aliphatic carbocycles. The maximum atomic E-state index is 11.2. The van der Waals surface area contributed by atoms with Gasteiger partial charge in [0.25, 0.3) is 0 Å². The van der Waals surface area contributed by atoms with E-state index in [0.29, 0.717) is 19.1 Å². The molecule has 0 saturated carbocycles. The molecule has 0 spiro atoms. The second-order valence-electron chi connectivity index (χ2n) is 4.41. The minimum atomic E-state index is -0.162. The summed E-state index contributed by atoms with van der Waals surface area (Å²) in [5.41, 5.74) is 0. The zero-order valence-electron chi connectivity index (χ0n) is 9.03. The zero-order chi connectivity index (χ0) is 10.8. The first-order valence-electron chi connectivity index (χ1n) is 5.40. The number of hydrogen-bond acceptors (Lipinski definition) is 4. The summed E-state index contributed by atoms with van der Waals surface area (Å²) in [7, 11) is 2.10. The normalized spacial score (nSPS) is 26.7. The number of imide groups is 1. The first-order chi connectivity index (χ1) is 7.15.